The van der Waals surface area contributed by atoms with Crippen molar-refractivity contribution >= 4 is 40.6 Å². The largest absolute Gasteiger partial charge is 0.341 e. The number of piperidine rings is 1. The third-order valence-electron chi connectivity index (χ3n) is 4.67. The molecule has 7 heteroatoms. The summed E-state index contributed by atoms with van der Waals surface area (Å²) in [7, 11) is 0. The molecule has 1 unspecified atom stereocenters. The smallest absolute Gasteiger partial charge is 0.228 e. The maximum Gasteiger partial charge on any atom is 0.228 e. The maximum atomic E-state index is 11.5. The van der Waals surface area contributed by atoms with Gasteiger partial charge in [-0.05, 0) is 36.5 Å². The summed E-state index contributed by atoms with van der Waals surface area (Å²) < 4.78 is 0. The third-order valence-corrected chi connectivity index (χ3v) is 4.95. The van der Waals surface area contributed by atoms with Crippen molar-refractivity contribution in [2.24, 2.45) is 5.92 Å². The monoisotopic (exact) mass is 357 g/mol. The van der Waals surface area contributed by atoms with E-state index < -0.39 is 0 Å². The van der Waals surface area contributed by atoms with Gasteiger partial charge in [0.05, 0.1) is 12.6 Å². The SMILES string of the molecule is CC1CCCN(c2ncc(Cl)c(Nc3ccc4c(c3)NC(=O)C4)n2)C1. The van der Waals surface area contributed by atoms with Gasteiger partial charge in [-0.1, -0.05) is 24.6 Å². The Balaban J connectivity index is 1.57. The van der Waals surface area contributed by atoms with E-state index in [9.17, 15) is 4.79 Å². The molecule has 0 aliphatic carbocycles. The van der Waals surface area contributed by atoms with Crippen molar-refractivity contribution < 1.29 is 4.79 Å². The summed E-state index contributed by atoms with van der Waals surface area (Å²) in [5, 5.41) is 6.57. The Labute approximate surface area is 151 Å². The van der Waals surface area contributed by atoms with Gasteiger partial charge in [0.15, 0.2) is 5.82 Å². The minimum Gasteiger partial charge on any atom is -0.341 e. The van der Waals surface area contributed by atoms with Crippen LogP contribution in [0.1, 0.15) is 25.3 Å². The van der Waals surface area contributed by atoms with E-state index in [2.05, 4.69) is 32.4 Å². The highest BCUT2D eigenvalue weighted by Gasteiger charge is 2.20. The van der Waals surface area contributed by atoms with Crippen molar-refractivity contribution in [2.75, 3.05) is 28.6 Å². The van der Waals surface area contributed by atoms with Gasteiger partial charge in [0.2, 0.25) is 11.9 Å². The van der Waals surface area contributed by atoms with Gasteiger partial charge in [-0.25, -0.2) is 4.98 Å². The number of halogens is 1. The zero-order valence-electron chi connectivity index (χ0n) is 14.1. The zero-order chi connectivity index (χ0) is 17.4. The van der Waals surface area contributed by atoms with Crippen LogP contribution < -0.4 is 15.5 Å². The lowest BCUT2D eigenvalue weighted by Gasteiger charge is -2.31. The molecule has 0 bridgehead atoms. The second-order valence-corrected chi connectivity index (χ2v) is 7.19. The summed E-state index contributed by atoms with van der Waals surface area (Å²) in [6.45, 7) is 4.18. The van der Waals surface area contributed by atoms with Gasteiger partial charge in [0.25, 0.3) is 0 Å². The molecule has 3 heterocycles. The first-order valence-corrected chi connectivity index (χ1v) is 8.93. The number of aromatic nitrogens is 2. The Morgan fingerprint density at radius 2 is 2.28 bits per heavy atom. The highest BCUT2D eigenvalue weighted by molar-refractivity contribution is 6.32. The van der Waals surface area contributed by atoms with Gasteiger partial charge in [-0.15, -0.1) is 0 Å². The molecule has 1 fully saturated rings. The van der Waals surface area contributed by atoms with Gasteiger partial charge in [0.1, 0.15) is 5.02 Å². The third kappa shape index (κ3) is 3.39. The van der Waals surface area contributed by atoms with Crippen LogP contribution in [0.5, 0.6) is 0 Å². The topological polar surface area (TPSA) is 70.2 Å². The van der Waals surface area contributed by atoms with E-state index in [-0.39, 0.29) is 5.91 Å². The van der Waals surface area contributed by atoms with Gasteiger partial charge in [-0.3, -0.25) is 4.79 Å². The fourth-order valence-electron chi connectivity index (χ4n) is 3.40. The molecule has 1 aromatic heterocycles. The van der Waals surface area contributed by atoms with Crippen molar-refractivity contribution in [1.29, 1.82) is 0 Å². The molecule has 6 nitrogen and oxygen atoms in total. The van der Waals surface area contributed by atoms with E-state index in [1.807, 2.05) is 18.2 Å². The molecule has 1 amide bonds. The second kappa shape index (κ2) is 6.52. The van der Waals surface area contributed by atoms with E-state index in [0.29, 0.717) is 29.1 Å². The van der Waals surface area contributed by atoms with Crippen LogP contribution in [0, 0.1) is 5.92 Å². The number of rotatable bonds is 3. The fourth-order valence-corrected chi connectivity index (χ4v) is 3.54. The van der Waals surface area contributed by atoms with E-state index >= 15 is 0 Å². The predicted molar refractivity (Wildman–Crippen MR) is 99.7 cm³/mol. The summed E-state index contributed by atoms with van der Waals surface area (Å²) in [6.07, 6.45) is 4.47. The molecule has 1 aromatic carbocycles. The summed E-state index contributed by atoms with van der Waals surface area (Å²) in [4.78, 5) is 22.7. The maximum absolute atomic E-state index is 11.5. The molecule has 1 atom stereocenters. The zero-order valence-corrected chi connectivity index (χ0v) is 14.8. The Hall–Kier alpha value is -2.34. The van der Waals surface area contributed by atoms with Crippen molar-refractivity contribution in [3.8, 4) is 0 Å². The van der Waals surface area contributed by atoms with Gasteiger partial charge in [0, 0.05) is 24.5 Å². The summed E-state index contributed by atoms with van der Waals surface area (Å²) in [6, 6.07) is 5.78. The minimum absolute atomic E-state index is 0.0220. The quantitative estimate of drug-likeness (QED) is 0.878. The molecular weight excluding hydrogens is 338 g/mol. The number of carbonyl (C=O) groups is 1. The average Bonchev–Trinajstić information content (AvgIpc) is 2.96. The summed E-state index contributed by atoms with van der Waals surface area (Å²) in [5.41, 5.74) is 2.68. The molecule has 0 radical (unpaired) electrons. The van der Waals surface area contributed by atoms with Crippen LogP contribution in [-0.4, -0.2) is 29.0 Å². The number of carbonyl (C=O) groups excluding carboxylic acids is 1. The number of benzene rings is 1. The Kier molecular flexibility index (Phi) is 4.21. The highest BCUT2D eigenvalue weighted by atomic mass is 35.5. The van der Waals surface area contributed by atoms with Gasteiger partial charge < -0.3 is 15.5 Å². The highest BCUT2D eigenvalue weighted by Crippen LogP contribution is 2.30. The number of hydrogen-bond donors (Lipinski definition) is 2. The molecule has 2 aliphatic heterocycles. The lowest BCUT2D eigenvalue weighted by molar-refractivity contribution is -0.115. The molecule has 25 heavy (non-hydrogen) atoms. The van der Waals surface area contributed by atoms with Crippen LogP contribution in [0.3, 0.4) is 0 Å². The first-order chi connectivity index (χ1) is 12.1. The number of amides is 1. The number of fused-ring (bicyclic) bond motifs is 1. The van der Waals surface area contributed by atoms with Crippen LogP contribution in [0.2, 0.25) is 5.02 Å². The van der Waals surface area contributed by atoms with Crippen molar-refractivity contribution in [3.05, 3.63) is 35.0 Å². The van der Waals surface area contributed by atoms with E-state index in [1.165, 1.54) is 6.42 Å². The lowest BCUT2D eigenvalue weighted by atomic mass is 10.0. The number of anilines is 4. The second-order valence-electron chi connectivity index (χ2n) is 6.78. The molecule has 4 rings (SSSR count). The van der Waals surface area contributed by atoms with Gasteiger partial charge in [-0.2, -0.15) is 4.98 Å². The number of nitrogens with one attached hydrogen (secondary N) is 2. The molecule has 0 spiro atoms. The van der Waals surface area contributed by atoms with Crippen molar-refractivity contribution in [2.45, 2.75) is 26.2 Å². The predicted octanol–water partition coefficient (Wildman–Crippen LogP) is 3.60. The van der Waals surface area contributed by atoms with E-state index in [0.717, 1.165) is 36.4 Å². The van der Waals surface area contributed by atoms with Crippen LogP contribution >= 0.6 is 11.6 Å². The van der Waals surface area contributed by atoms with Crippen LogP contribution in [0.25, 0.3) is 0 Å². The molecular formula is C18H20ClN5O. The van der Waals surface area contributed by atoms with Crippen LogP contribution in [0.4, 0.5) is 23.1 Å². The molecule has 2 aromatic rings. The van der Waals surface area contributed by atoms with Crippen LogP contribution in [-0.2, 0) is 11.2 Å². The molecule has 130 valence electrons. The molecule has 2 aliphatic rings. The van der Waals surface area contributed by atoms with Crippen molar-refractivity contribution in [3.63, 3.8) is 0 Å². The Morgan fingerprint density at radius 1 is 1.40 bits per heavy atom. The Bertz CT molecular complexity index is 825. The summed E-state index contributed by atoms with van der Waals surface area (Å²) >= 11 is 6.28. The van der Waals surface area contributed by atoms with Crippen LogP contribution in [0.15, 0.2) is 24.4 Å². The standard InChI is InChI=1S/C18H20ClN5O/c1-11-3-2-6-24(10-11)18-20-9-14(19)17(23-18)21-13-5-4-12-7-16(25)22-15(12)8-13/h4-5,8-9,11H,2-3,6-7,10H2,1H3,(H,22,25)(H,20,21,23). The van der Waals surface area contributed by atoms with E-state index in [4.69, 9.17) is 11.6 Å². The Morgan fingerprint density at radius 3 is 3.12 bits per heavy atom. The normalized spacial score (nSPS) is 19.5. The molecule has 0 saturated carbocycles. The first kappa shape index (κ1) is 16.1. The van der Waals surface area contributed by atoms with Crippen molar-refractivity contribution in [1.82, 2.24) is 9.97 Å². The first-order valence-electron chi connectivity index (χ1n) is 8.56. The minimum atomic E-state index is 0.0220. The molecule has 1 saturated heterocycles. The average molecular weight is 358 g/mol. The summed E-state index contributed by atoms with van der Waals surface area (Å²) in [5.74, 6) is 1.94. The number of hydrogen-bond acceptors (Lipinski definition) is 5. The molecule has 2 N–H and O–H groups in total. The fraction of sp³-hybridized carbons (Fsp3) is 0.389. The van der Waals surface area contributed by atoms with Gasteiger partial charge >= 0.3 is 0 Å². The van der Waals surface area contributed by atoms with E-state index in [1.54, 1.807) is 6.20 Å². The lowest BCUT2D eigenvalue weighted by Crippen LogP contribution is -2.35. The number of nitrogens with zero attached hydrogens (tertiary/aromatic N) is 3.